The molecule has 5 rings (SSSR count). The van der Waals surface area contributed by atoms with Gasteiger partial charge in [-0.3, -0.25) is 14.0 Å². The number of rotatable bonds is 6. The van der Waals surface area contributed by atoms with Gasteiger partial charge in [0.1, 0.15) is 23.0 Å². The van der Waals surface area contributed by atoms with Crippen LogP contribution in [0.2, 0.25) is 0 Å². The van der Waals surface area contributed by atoms with E-state index in [1.54, 1.807) is 18.2 Å². The van der Waals surface area contributed by atoms with Gasteiger partial charge in [0, 0.05) is 49.7 Å². The third-order valence-corrected chi connectivity index (χ3v) is 8.44. The summed E-state index contributed by atoms with van der Waals surface area (Å²) in [4.78, 5) is 15.2. The van der Waals surface area contributed by atoms with E-state index in [4.69, 9.17) is 4.42 Å². The number of sulfonamides is 1. The Bertz CT molecular complexity index is 1630. The number of amides is 1. The molecular formula is C29H29F2N3O4S. The first-order chi connectivity index (χ1) is 18.6. The topological polar surface area (TPSA) is 82.9 Å². The molecule has 0 saturated heterocycles. The standard InChI is InChI=1S/C29H29F2N3O4S/c1-18-23-16-24-26(38-28(27(24)29(35)32-2)20-6-10-22(31)11-7-20)17-25(23)34(39(3,36)37)15-14-33(18)13-12-19-4-8-21(30)9-5-19/h4-11,16-18H,12-15H2,1-3H3,(H,32,35). The second kappa shape index (κ2) is 10.4. The molecule has 0 fully saturated rings. The van der Waals surface area contributed by atoms with Crippen molar-refractivity contribution in [3.63, 3.8) is 0 Å². The average Bonchev–Trinajstić information content (AvgIpc) is 3.21. The van der Waals surface area contributed by atoms with Crippen molar-refractivity contribution in [1.82, 2.24) is 10.2 Å². The van der Waals surface area contributed by atoms with Crippen LogP contribution >= 0.6 is 0 Å². The fraction of sp³-hybridized carbons (Fsp3) is 0.276. The summed E-state index contributed by atoms with van der Waals surface area (Å²) in [6.45, 7) is 3.34. The zero-order valence-corrected chi connectivity index (χ0v) is 22.7. The minimum Gasteiger partial charge on any atom is -0.455 e. The highest BCUT2D eigenvalue weighted by molar-refractivity contribution is 7.92. The van der Waals surface area contributed by atoms with Crippen molar-refractivity contribution >= 4 is 32.6 Å². The molecule has 2 heterocycles. The van der Waals surface area contributed by atoms with Crippen LogP contribution in [0.5, 0.6) is 0 Å². The summed E-state index contributed by atoms with van der Waals surface area (Å²) in [5.74, 6) is -0.809. The predicted octanol–water partition coefficient (Wildman–Crippen LogP) is 5.12. The largest absolute Gasteiger partial charge is 0.455 e. The number of nitrogens with one attached hydrogen (secondary N) is 1. The molecule has 1 atom stereocenters. The molecule has 4 aromatic rings. The number of hydrogen-bond donors (Lipinski definition) is 1. The van der Waals surface area contributed by atoms with E-state index >= 15 is 0 Å². The predicted molar refractivity (Wildman–Crippen MR) is 147 cm³/mol. The molecule has 1 unspecified atom stereocenters. The van der Waals surface area contributed by atoms with Gasteiger partial charge in [-0.05, 0) is 66.9 Å². The molecule has 204 valence electrons. The first kappa shape index (κ1) is 26.8. The monoisotopic (exact) mass is 553 g/mol. The van der Waals surface area contributed by atoms with Crippen LogP contribution in [0.3, 0.4) is 0 Å². The molecule has 10 heteroatoms. The van der Waals surface area contributed by atoms with Crippen molar-refractivity contribution in [3.8, 4) is 11.3 Å². The summed E-state index contributed by atoms with van der Waals surface area (Å²) in [6.07, 6.45) is 1.83. The van der Waals surface area contributed by atoms with Crippen LogP contribution in [0.25, 0.3) is 22.3 Å². The lowest BCUT2D eigenvalue weighted by atomic mass is 9.99. The average molecular weight is 554 g/mol. The molecular weight excluding hydrogens is 524 g/mol. The maximum atomic E-state index is 13.6. The van der Waals surface area contributed by atoms with Crippen LogP contribution in [0.4, 0.5) is 14.5 Å². The minimum atomic E-state index is -3.63. The molecule has 0 radical (unpaired) electrons. The molecule has 1 aromatic heterocycles. The lowest BCUT2D eigenvalue weighted by Gasteiger charge is -2.27. The number of carbonyl (C=O) groups is 1. The minimum absolute atomic E-state index is 0.196. The van der Waals surface area contributed by atoms with Crippen LogP contribution in [-0.4, -0.2) is 52.2 Å². The molecule has 0 saturated carbocycles. The molecule has 0 spiro atoms. The Kier molecular flexibility index (Phi) is 7.17. The SMILES string of the molecule is CNC(=O)c1c(-c2ccc(F)cc2)oc2cc3c(cc12)C(C)N(CCc1ccc(F)cc1)CCN3S(C)(=O)=O. The zero-order valence-electron chi connectivity index (χ0n) is 21.9. The Hall–Kier alpha value is -3.76. The summed E-state index contributed by atoms with van der Waals surface area (Å²) < 4.78 is 60.3. The normalized spacial score (nSPS) is 16.2. The molecule has 0 bridgehead atoms. The van der Waals surface area contributed by atoms with Crippen molar-refractivity contribution in [2.45, 2.75) is 19.4 Å². The lowest BCUT2D eigenvalue weighted by Crippen LogP contribution is -2.36. The second-order valence-electron chi connectivity index (χ2n) is 9.72. The first-order valence-corrected chi connectivity index (χ1v) is 14.5. The quantitative estimate of drug-likeness (QED) is 0.358. The summed E-state index contributed by atoms with van der Waals surface area (Å²) >= 11 is 0. The number of fused-ring (bicyclic) bond motifs is 2. The van der Waals surface area contributed by atoms with Gasteiger partial charge in [-0.2, -0.15) is 0 Å². The number of carbonyl (C=O) groups excluding carboxylic acids is 1. The van der Waals surface area contributed by atoms with E-state index in [9.17, 15) is 22.0 Å². The van der Waals surface area contributed by atoms with Gasteiger partial charge in [-0.1, -0.05) is 12.1 Å². The van der Waals surface area contributed by atoms with Crippen LogP contribution in [0, 0.1) is 11.6 Å². The second-order valence-corrected chi connectivity index (χ2v) is 11.6. The Labute approximate surface area is 226 Å². The maximum absolute atomic E-state index is 13.6. The van der Waals surface area contributed by atoms with E-state index in [1.807, 2.05) is 13.0 Å². The van der Waals surface area contributed by atoms with Gasteiger partial charge in [-0.15, -0.1) is 0 Å². The molecule has 1 aliphatic rings. The van der Waals surface area contributed by atoms with E-state index in [0.717, 1.165) is 11.1 Å². The molecule has 1 N–H and O–H groups in total. The Balaban J connectivity index is 1.63. The van der Waals surface area contributed by atoms with Crippen LogP contribution in [-0.2, 0) is 16.4 Å². The molecule has 7 nitrogen and oxygen atoms in total. The van der Waals surface area contributed by atoms with E-state index in [1.165, 1.54) is 54.0 Å². The first-order valence-electron chi connectivity index (χ1n) is 12.6. The van der Waals surface area contributed by atoms with Crippen molar-refractivity contribution < 1.29 is 26.4 Å². The van der Waals surface area contributed by atoms with Gasteiger partial charge in [0.25, 0.3) is 5.91 Å². The number of benzene rings is 3. The number of hydrogen-bond acceptors (Lipinski definition) is 5. The van der Waals surface area contributed by atoms with Gasteiger partial charge in [0.15, 0.2) is 0 Å². The fourth-order valence-electron chi connectivity index (χ4n) is 5.16. The van der Waals surface area contributed by atoms with Crippen molar-refractivity contribution in [3.05, 3.63) is 89.0 Å². The summed E-state index contributed by atoms with van der Waals surface area (Å²) in [6, 6.07) is 15.3. The van der Waals surface area contributed by atoms with Crippen LogP contribution in [0.1, 0.15) is 34.5 Å². The Morgan fingerprint density at radius 2 is 1.67 bits per heavy atom. The number of furan rings is 1. The van der Waals surface area contributed by atoms with Crippen molar-refractivity contribution in [2.24, 2.45) is 0 Å². The van der Waals surface area contributed by atoms with Crippen LogP contribution in [0.15, 0.2) is 65.1 Å². The van der Waals surface area contributed by atoms with Gasteiger partial charge in [-0.25, -0.2) is 17.2 Å². The van der Waals surface area contributed by atoms with E-state index < -0.39 is 15.8 Å². The van der Waals surface area contributed by atoms with Gasteiger partial charge >= 0.3 is 0 Å². The van der Waals surface area contributed by atoms with Gasteiger partial charge < -0.3 is 9.73 Å². The molecule has 3 aromatic carbocycles. The summed E-state index contributed by atoms with van der Waals surface area (Å²) in [5.41, 5.74) is 3.37. The molecule has 39 heavy (non-hydrogen) atoms. The highest BCUT2D eigenvalue weighted by atomic mass is 32.2. The highest BCUT2D eigenvalue weighted by Crippen LogP contribution is 2.42. The highest BCUT2D eigenvalue weighted by Gasteiger charge is 2.32. The van der Waals surface area contributed by atoms with Gasteiger partial charge in [0.05, 0.1) is 17.5 Å². The molecule has 0 aliphatic carbocycles. The van der Waals surface area contributed by atoms with E-state index in [0.29, 0.717) is 47.3 Å². The Morgan fingerprint density at radius 1 is 1.03 bits per heavy atom. The summed E-state index contributed by atoms with van der Waals surface area (Å²) in [7, 11) is -2.11. The van der Waals surface area contributed by atoms with E-state index in [-0.39, 0.29) is 30.1 Å². The Morgan fingerprint density at radius 3 is 2.28 bits per heavy atom. The number of nitrogens with zero attached hydrogens (tertiary/aromatic N) is 2. The zero-order chi connectivity index (χ0) is 27.9. The van der Waals surface area contributed by atoms with Crippen molar-refractivity contribution in [2.75, 3.05) is 37.2 Å². The fourth-order valence-corrected chi connectivity index (χ4v) is 6.09. The number of halogens is 2. The number of anilines is 1. The summed E-state index contributed by atoms with van der Waals surface area (Å²) in [5, 5.41) is 3.19. The van der Waals surface area contributed by atoms with Crippen molar-refractivity contribution in [1.29, 1.82) is 0 Å². The van der Waals surface area contributed by atoms with E-state index in [2.05, 4.69) is 10.2 Å². The van der Waals surface area contributed by atoms with Gasteiger partial charge in [0.2, 0.25) is 10.0 Å². The van der Waals surface area contributed by atoms with Crippen LogP contribution < -0.4 is 9.62 Å². The lowest BCUT2D eigenvalue weighted by molar-refractivity contribution is 0.0964. The smallest absolute Gasteiger partial charge is 0.255 e. The third kappa shape index (κ3) is 5.26. The maximum Gasteiger partial charge on any atom is 0.255 e. The molecule has 1 aliphatic heterocycles. The molecule has 1 amide bonds. The third-order valence-electron chi connectivity index (χ3n) is 7.26.